The van der Waals surface area contributed by atoms with Crippen molar-refractivity contribution in [1.82, 2.24) is 0 Å². The van der Waals surface area contributed by atoms with Gasteiger partial charge in [-0.15, -0.1) is 0 Å². The maximum Gasteiger partial charge on any atom is 0.329 e. The van der Waals surface area contributed by atoms with Gasteiger partial charge in [-0.05, 0) is 19.3 Å². The van der Waals surface area contributed by atoms with E-state index >= 15 is 0 Å². The molecule has 0 spiro atoms. The van der Waals surface area contributed by atoms with Gasteiger partial charge in [0.2, 0.25) is 0 Å². The van der Waals surface area contributed by atoms with Gasteiger partial charge in [-0.3, -0.25) is 0 Å². The summed E-state index contributed by atoms with van der Waals surface area (Å²) in [4.78, 5) is 8.83. The van der Waals surface area contributed by atoms with E-state index in [1.54, 1.807) is 0 Å². The Balaban J connectivity index is 2.12. The van der Waals surface area contributed by atoms with Gasteiger partial charge in [0.25, 0.3) is 0 Å². The van der Waals surface area contributed by atoms with Crippen LogP contribution in [0, 0.1) is 0 Å². The Hall–Kier alpha value is 0.310. The summed E-state index contributed by atoms with van der Waals surface area (Å²) >= 11 is 0. The Morgan fingerprint density at radius 1 is 1.00 bits per heavy atom. The molecule has 1 fully saturated rings. The van der Waals surface area contributed by atoms with Gasteiger partial charge in [0.05, 0.1) is 13.2 Å². The maximum absolute atomic E-state index is 8.83. The van der Waals surface area contributed by atoms with E-state index in [4.69, 9.17) is 13.9 Å². The SMILES string of the molecule is OP1OCCCCCO1. The Kier molecular flexibility index (Phi) is 3.44. The summed E-state index contributed by atoms with van der Waals surface area (Å²) in [6.07, 6.45) is 3.23. The quantitative estimate of drug-likeness (QED) is 0.531. The molecular formula is C5H11O3P. The molecule has 1 heterocycles. The zero-order valence-corrected chi connectivity index (χ0v) is 6.14. The topological polar surface area (TPSA) is 38.7 Å². The zero-order valence-electron chi connectivity index (χ0n) is 5.25. The maximum atomic E-state index is 8.83. The van der Waals surface area contributed by atoms with Crippen LogP contribution in [0.5, 0.6) is 0 Å². The molecule has 1 saturated heterocycles. The van der Waals surface area contributed by atoms with Gasteiger partial charge in [-0.25, -0.2) is 0 Å². The molecule has 0 aromatic rings. The Morgan fingerprint density at radius 3 is 2.11 bits per heavy atom. The van der Waals surface area contributed by atoms with Crippen molar-refractivity contribution in [2.45, 2.75) is 19.3 Å². The van der Waals surface area contributed by atoms with Crippen molar-refractivity contribution in [2.75, 3.05) is 13.2 Å². The third-order valence-corrected chi connectivity index (χ3v) is 2.00. The highest BCUT2D eigenvalue weighted by Crippen LogP contribution is 2.34. The van der Waals surface area contributed by atoms with Gasteiger partial charge < -0.3 is 13.9 Å². The first kappa shape index (κ1) is 7.42. The predicted octanol–water partition coefficient (Wildman–Crippen LogP) is 1.42. The van der Waals surface area contributed by atoms with E-state index in [9.17, 15) is 0 Å². The minimum atomic E-state index is -1.54. The van der Waals surface area contributed by atoms with Crippen LogP contribution >= 0.6 is 8.60 Å². The lowest BCUT2D eigenvalue weighted by Gasteiger charge is -2.13. The van der Waals surface area contributed by atoms with Gasteiger partial charge in [0, 0.05) is 0 Å². The molecular weight excluding hydrogens is 139 g/mol. The van der Waals surface area contributed by atoms with Crippen LogP contribution in [-0.4, -0.2) is 18.1 Å². The van der Waals surface area contributed by atoms with Crippen molar-refractivity contribution in [3.05, 3.63) is 0 Å². The van der Waals surface area contributed by atoms with Crippen LogP contribution in [0.1, 0.15) is 19.3 Å². The second kappa shape index (κ2) is 4.18. The molecule has 1 aliphatic rings. The smallest absolute Gasteiger partial charge is 0.328 e. The molecule has 0 unspecified atom stereocenters. The van der Waals surface area contributed by atoms with Crippen molar-refractivity contribution < 1.29 is 13.9 Å². The van der Waals surface area contributed by atoms with Crippen molar-refractivity contribution in [1.29, 1.82) is 0 Å². The molecule has 0 saturated carbocycles. The average molecular weight is 150 g/mol. The van der Waals surface area contributed by atoms with Crippen molar-refractivity contribution in [2.24, 2.45) is 0 Å². The molecule has 0 aromatic heterocycles. The largest absolute Gasteiger partial charge is 0.329 e. The molecule has 9 heavy (non-hydrogen) atoms. The Morgan fingerprint density at radius 2 is 1.56 bits per heavy atom. The lowest BCUT2D eigenvalue weighted by Crippen LogP contribution is -1.99. The second-order valence-corrected chi connectivity index (χ2v) is 2.96. The van der Waals surface area contributed by atoms with Crippen LogP contribution in [0.4, 0.5) is 0 Å². The minimum Gasteiger partial charge on any atom is -0.328 e. The summed E-state index contributed by atoms with van der Waals surface area (Å²) in [5.74, 6) is 0. The van der Waals surface area contributed by atoms with Gasteiger partial charge in [0.15, 0.2) is 0 Å². The predicted molar refractivity (Wildman–Crippen MR) is 34.9 cm³/mol. The van der Waals surface area contributed by atoms with E-state index in [2.05, 4.69) is 0 Å². The molecule has 0 radical (unpaired) electrons. The van der Waals surface area contributed by atoms with E-state index in [1.807, 2.05) is 0 Å². The monoisotopic (exact) mass is 150 g/mol. The highest BCUT2D eigenvalue weighted by Gasteiger charge is 2.08. The van der Waals surface area contributed by atoms with Gasteiger partial charge in [-0.2, -0.15) is 0 Å². The molecule has 1 aliphatic heterocycles. The average Bonchev–Trinajstić information content (AvgIpc) is 1.79. The molecule has 1 rings (SSSR count). The Labute approximate surface area is 56.0 Å². The summed E-state index contributed by atoms with van der Waals surface area (Å²) < 4.78 is 9.76. The van der Waals surface area contributed by atoms with E-state index in [0.29, 0.717) is 13.2 Å². The lowest BCUT2D eigenvalue weighted by atomic mass is 10.2. The lowest BCUT2D eigenvalue weighted by molar-refractivity contribution is 0.175. The number of hydrogen-bond acceptors (Lipinski definition) is 3. The number of hydrogen-bond donors (Lipinski definition) is 1. The fourth-order valence-electron chi connectivity index (χ4n) is 0.703. The van der Waals surface area contributed by atoms with E-state index in [1.165, 1.54) is 0 Å². The Bertz CT molecular complexity index is 70.6. The van der Waals surface area contributed by atoms with E-state index < -0.39 is 8.60 Å². The van der Waals surface area contributed by atoms with E-state index in [-0.39, 0.29) is 0 Å². The minimum absolute atomic E-state index is 0.641. The fourth-order valence-corrected chi connectivity index (χ4v) is 1.35. The van der Waals surface area contributed by atoms with Crippen LogP contribution < -0.4 is 0 Å². The van der Waals surface area contributed by atoms with Crippen LogP contribution in [0.25, 0.3) is 0 Å². The zero-order chi connectivity index (χ0) is 6.53. The number of rotatable bonds is 0. The molecule has 0 aliphatic carbocycles. The highest BCUT2D eigenvalue weighted by molar-refractivity contribution is 7.40. The molecule has 3 nitrogen and oxygen atoms in total. The molecule has 1 N–H and O–H groups in total. The first-order chi connectivity index (χ1) is 4.39. The summed E-state index contributed by atoms with van der Waals surface area (Å²) in [7, 11) is -1.54. The van der Waals surface area contributed by atoms with Gasteiger partial charge in [0.1, 0.15) is 0 Å². The summed E-state index contributed by atoms with van der Waals surface area (Å²) in [6.45, 7) is 1.28. The van der Waals surface area contributed by atoms with E-state index in [0.717, 1.165) is 19.3 Å². The molecule has 0 atom stereocenters. The molecule has 0 amide bonds. The molecule has 0 aromatic carbocycles. The third kappa shape index (κ3) is 3.11. The van der Waals surface area contributed by atoms with Crippen LogP contribution in [-0.2, 0) is 9.05 Å². The van der Waals surface area contributed by atoms with Crippen molar-refractivity contribution in [3.8, 4) is 0 Å². The van der Waals surface area contributed by atoms with Crippen LogP contribution in [0.15, 0.2) is 0 Å². The standard InChI is InChI=1S/C5H11O3P/c6-9-7-4-2-1-3-5-8-9/h6H,1-5H2. The van der Waals surface area contributed by atoms with Crippen LogP contribution in [0.2, 0.25) is 0 Å². The van der Waals surface area contributed by atoms with Gasteiger partial charge >= 0.3 is 8.60 Å². The normalized spacial score (nSPS) is 25.0. The molecule has 4 heteroatoms. The fraction of sp³-hybridized carbons (Fsp3) is 1.00. The molecule has 54 valence electrons. The summed E-state index contributed by atoms with van der Waals surface area (Å²) in [5.41, 5.74) is 0. The van der Waals surface area contributed by atoms with Crippen LogP contribution in [0.3, 0.4) is 0 Å². The third-order valence-electron chi connectivity index (χ3n) is 1.19. The van der Waals surface area contributed by atoms with Gasteiger partial charge in [-0.1, -0.05) is 0 Å². The molecule has 0 bridgehead atoms. The second-order valence-electron chi connectivity index (χ2n) is 1.96. The summed E-state index contributed by atoms with van der Waals surface area (Å²) in [6, 6.07) is 0. The first-order valence-electron chi connectivity index (χ1n) is 3.14. The summed E-state index contributed by atoms with van der Waals surface area (Å²) in [5, 5.41) is 0. The van der Waals surface area contributed by atoms with Crippen molar-refractivity contribution >= 4 is 8.60 Å². The highest BCUT2D eigenvalue weighted by atomic mass is 31.2. The first-order valence-corrected chi connectivity index (χ1v) is 4.27. The van der Waals surface area contributed by atoms with Crippen molar-refractivity contribution in [3.63, 3.8) is 0 Å².